The van der Waals surface area contributed by atoms with E-state index in [2.05, 4.69) is 36.7 Å². The lowest BCUT2D eigenvalue weighted by Gasteiger charge is -2.28. The van der Waals surface area contributed by atoms with Gasteiger partial charge in [0.2, 0.25) is 0 Å². The summed E-state index contributed by atoms with van der Waals surface area (Å²) >= 11 is 2.61. The minimum atomic E-state index is -6.55. The van der Waals surface area contributed by atoms with Crippen molar-refractivity contribution in [2.75, 3.05) is 25.0 Å². The molecule has 0 fully saturated rings. The zero-order valence-electron chi connectivity index (χ0n) is 20.3. The Morgan fingerprint density at radius 2 is 1.33 bits per heavy atom. The van der Waals surface area contributed by atoms with E-state index in [1.54, 1.807) is 0 Å². The molecule has 0 radical (unpaired) electrons. The van der Waals surface area contributed by atoms with Crippen LogP contribution in [0.15, 0.2) is 22.7 Å². The highest BCUT2D eigenvalue weighted by molar-refractivity contribution is 9.10. The van der Waals surface area contributed by atoms with Gasteiger partial charge in [0, 0.05) is 16.6 Å². The van der Waals surface area contributed by atoms with Gasteiger partial charge in [0.25, 0.3) is 11.6 Å². The molecule has 0 saturated carbocycles. The van der Waals surface area contributed by atoms with E-state index in [1.165, 1.54) is 58.2 Å². The summed E-state index contributed by atoms with van der Waals surface area (Å²) in [5.41, 5.74) is -7.41. The number of anilines is 1. The first-order valence-electron chi connectivity index (χ1n) is 11.5. The van der Waals surface area contributed by atoms with E-state index >= 15 is 0 Å². The van der Waals surface area contributed by atoms with Crippen LogP contribution in [-0.4, -0.2) is 48.5 Å². The first-order chi connectivity index (χ1) is 16.6. The fourth-order valence-corrected chi connectivity index (χ4v) is 3.47. The standard InChI is InChI=1S/C12H27N.C10H4BrF7N2O3/c1-4-7-10-13(11-8-5-2)12-9-6-3;11-5-3-4(20(22)23)1-2-6(5)19-7(21)8(12,9(13,14)15)10(16,17)18/h4-12H2,1-3H3;1-3H,(H,19,21)/p+1. The molecule has 0 unspecified atom stereocenters. The Hall–Kier alpha value is -1.96. The Kier molecular flexibility index (Phi) is 14.5. The maximum Gasteiger partial charge on any atom is 0.441 e. The third kappa shape index (κ3) is 10.2. The Labute approximate surface area is 213 Å². The average Bonchev–Trinajstić information content (AvgIpc) is 2.78. The molecule has 1 amide bonds. The lowest BCUT2D eigenvalue weighted by Crippen LogP contribution is -3.12. The molecule has 14 heteroatoms. The molecular weight excluding hydrogens is 567 g/mol. The minimum Gasteiger partial charge on any atom is -0.335 e. The van der Waals surface area contributed by atoms with Gasteiger partial charge < -0.3 is 10.2 Å². The molecule has 6 nitrogen and oxygen atoms in total. The van der Waals surface area contributed by atoms with Crippen LogP contribution in [0.3, 0.4) is 0 Å². The molecular formula is C22H32BrF7N3O3+. The number of non-ortho nitro benzene ring substituents is 1. The van der Waals surface area contributed by atoms with E-state index in [0.717, 1.165) is 5.32 Å². The van der Waals surface area contributed by atoms with Crippen molar-refractivity contribution >= 4 is 33.2 Å². The molecule has 0 aromatic heterocycles. The molecule has 36 heavy (non-hydrogen) atoms. The molecule has 2 N–H and O–H groups in total. The molecule has 1 aromatic rings. The first-order valence-corrected chi connectivity index (χ1v) is 12.3. The number of alkyl halides is 7. The monoisotopic (exact) mass is 598 g/mol. The van der Waals surface area contributed by atoms with Crippen molar-refractivity contribution in [1.29, 1.82) is 0 Å². The fraction of sp³-hybridized carbons (Fsp3) is 0.682. The molecule has 0 bridgehead atoms. The van der Waals surface area contributed by atoms with Crippen LogP contribution < -0.4 is 10.2 Å². The van der Waals surface area contributed by atoms with Crippen molar-refractivity contribution < 1.29 is 45.4 Å². The maximum absolute atomic E-state index is 13.4. The summed E-state index contributed by atoms with van der Waals surface area (Å²) in [4.78, 5) is 22.6. The highest BCUT2D eigenvalue weighted by atomic mass is 79.9. The smallest absolute Gasteiger partial charge is 0.335 e. The first kappa shape index (κ1) is 34.0. The predicted octanol–water partition coefficient (Wildman–Crippen LogP) is 6.40. The third-order valence-electron chi connectivity index (χ3n) is 5.16. The van der Waals surface area contributed by atoms with Crippen LogP contribution in [0, 0.1) is 10.1 Å². The average molecular weight is 599 g/mol. The number of nitrogens with one attached hydrogen (secondary N) is 2. The van der Waals surface area contributed by atoms with E-state index < -0.39 is 44.7 Å². The summed E-state index contributed by atoms with van der Waals surface area (Å²) in [7, 11) is 0. The molecule has 0 aliphatic heterocycles. The number of nitrogens with zero attached hydrogens (tertiary/aromatic N) is 1. The van der Waals surface area contributed by atoms with Crippen LogP contribution in [0.1, 0.15) is 59.3 Å². The Balaban J connectivity index is 0.000000802. The number of nitro groups is 1. The second kappa shape index (κ2) is 15.3. The summed E-state index contributed by atoms with van der Waals surface area (Å²) in [6.45, 7) is 11.1. The van der Waals surface area contributed by atoms with Crippen molar-refractivity contribution in [3.8, 4) is 0 Å². The van der Waals surface area contributed by atoms with Crippen molar-refractivity contribution in [3.05, 3.63) is 32.8 Å². The number of hydrogen-bond donors (Lipinski definition) is 2. The van der Waals surface area contributed by atoms with E-state index in [-0.39, 0.29) is 0 Å². The van der Waals surface area contributed by atoms with E-state index in [1.807, 2.05) is 4.90 Å². The van der Waals surface area contributed by atoms with Crippen LogP contribution in [-0.2, 0) is 4.79 Å². The fourth-order valence-electron chi connectivity index (χ4n) is 3.00. The van der Waals surface area contributed by atoms with Crippen LogP contribution in [0.4, 0.5) is 42.1 Å². The number of benzene rings is 1. The summed E-state index contributed by atoms with van der Waals surface area (Å²) in [6, 6.07) is 2.05. The quantitative estimate of drug-likeness (QED) is 0.166. The Bertz CT molecular complexity index is 803. The van der Waals surface area contributed by atoms with Gasteiger partial charge in [0.05, 0.1) is 30.2 Å². The number of carbonyl (C=O) groups is 1. The number of hydrogen-bond acceptors (Lipinski definition) is 3. The van der Waals surface area contributed by atoms with Gasteiger partial charge >= 0.3 is 18.0 Å². The lowest BCUT2D eigenvalue weighted by molar-refractivity contribution is -0.900. The number of unbranched alkanes of at least 4 members (excludes halogenated alkanes) is 3. The van der Waals surface area contributed by atoms with Gasteiger partial charge in [-0.3, -0.25) is 14.9 Å². The van der Waals surface area contributed by atoms with E-state index in [4.69, 9.17) is 0 Å². The highest BCUT2D eigenvalue weighted by Gasteiger charge is 2.77. The summed E-state index contributed by atoms with van der Waals surface area (Å²) in [5.74, 6) is -3.02. The van der Waals surface area contributed by atoms with E-state index in [0.29, 0.717) is 18.2 Å². The van der Waals surface area contributed by atoms with Crippen molar-refractivity contribution in [2.45, 2.75) is 77.3 Å². The zero-order valence-corrected chi connectivity index (χ0v) is 21.9. The molecule has 1 aromatic carbocycles. The zero-order chi connectivity index (χ0) is 28.2. The number of halogens is 8. The number of nitro benzene ring substituents is 1. The molecule has 0 atom stereocenters. The van der Waals surface area contributed by atoms with Crippen LogP contribution in [0.5, 0.6) is 0 Å². The number of carbonyl (C=O) groups excluding carboxylic acids is 1. The molecule has 0 aliphatic rings. The summed E-state index contributed by atoms with van der Waals surface area (Å²) in [5, 5.41) is 11.6. The molecule has 1 rings (SSSR count). The second-order valence-corrected chi connectivity index (χ2v) is 8.94. The van der Waals surface area contributed by atoms with Gasteiger partial charge in [-0.2, -0.15) is 26.3 Å². The SMILES string of the molecule is CCCC[NH+](CCCC)CCCC.O=C(Nc1ccc([N+](=O)[O-])cc1Br)C(F)(C(F)(F)F)C(F)(F)F. The molecule has 0 saturated heterocycles. The Morgan fingerprint density at radius 3 is 1.64 bits per heavy atom. The van der Waals surface area contributed by atoms with Gasteiger partial charge in [0.1, 0.15) is 0 Å². The van der Waals surface area contributed by atoms with Crippen LogP contribution in [0.2, 0.25) is 0 Å². The van der Waals surface area contributed by atoms with Gasteiger partial charge in [-0.25, -0.2) is 4.39 Å². The second-order valence-electron chi connectivity index (χ2n) is 8.09. The van der Waals surface area contributed by atoms with Crippen molar-refractivity contribution in [1.82, 2.24) is 0 Å². The molecule has 0 spiro atoms. The lowest BCUT2D eigenvalue weighted by atomic mass is 10.0. The van der Waals surface area contributed by atoms with Gasteiger partial charge in [-0.1, -0.05) is 40.0 Å². The number of rotatable bonds is 12. The van der Waals surface area contributed by atoms with Crippen LogP contribution >= 0.6 is 15.9 Å². The molecule has 0 aliphatic carbocycles. The number of amides is 1. The van der Waals surface area contributed by atoms with Crippen molar-refractivity contribution in [2.24, 2.45) is 0 Å². The van der Waals surface area contributed by atoms with Crippen molar-refractivity contribution in [3.63, 3.8) is 0 Å². The summed E-state index contributed by atoms with van der Waals surface area (Å²) < 4.78 is 87.2. The largest absolute Gasteiger partial charge is 0.441 e. The summed E-state index contributed by atoms with van der Waals surface area (Å²) in [6.07, 6.45) is -4.84. The van der Waals surface area contributed by atoms with E-state index in [9.17, 15) is 45.6 Å². The molecule has 0 heterocycles. The Morgan fingerprint density at radius 1 is 0.917 bits per heavy atom. The molecule has 208 valence electrons. The predicted molar refractivity (Wildman–Crippen MR) is 126 cm³/mol. The number of quaternary nitrogens is 1. The maximum atomic E-state index is 13.4. The minimum absolute atomic E-state index is 0.410. The third-order valence-corrected chi connectivity index (χ3v) is 5.81. The van der Waals surface area contributed by atoms with Gasteiger partial charge in [-0.05, 0) is 41.3 Å². The van der Waals surface area contributed by atoms with Crippen LogP contribution in [0.25, 0.3) is 0 Å². The normalized spacial score (nSPS) is 12.2. The van der Waals surface area contributed by atoms with Gasteiger partial charge in [-0.15, -0.1) is 0 Å². The topological polar surface area (TPSA) is 76.7 Å². The van der Waals surface area contributed by atoms with Gasteiger partial charge in [0.15, 0.2) is 0 Å². The highest BCUT2D eigenvalue weighted by Crippen LogP contribution is 2.47.